The lowest BCUT2D eigenvalue weighted by molar-refractivity contribution is -0.119. The second-order valence-electron chi connectivity index (χ2n) is 6.43. The van der Waals surface area contributed by atoms with Crippen LogP contribution in [0.15, 0.2) is 29.4 Å². The summed E-state index contributed by atoms with van der Waals surface area (Å²) < 4.78 is 2.00. The van der Waals surface area contributed by atoms with Gasteiger partial charge >= 0.3 is 0 Å². The first-order chi connectivity index (χ1) is 10.8. The van der Waals surface area contributed by atoms with Crippen LogP contribution in [0.5, 0.6) is 0 Å². The molecule has 0 fully saturated rings. The summed E-state index contributed by atoms with van der Waals surface area (Å²) >= 11 is 1.29. The summed E-state index contributed by atoms with van der Waals surface area (Å²) in [5, 5.41) is 12.9. The fourth-order valence-corrected chi connectivity index (χ4v) is 3.02. The van der Waals surface area contributed by atoms with Crippen molar-refractivity contribution in [3.8, 4) is 0 Å². The van der Waals surface area contributed by atoms with Gasteiger partial charge in [0, 0.05) is 18.0 Å². The highest BCUT2D eigenvalue weighted by Gasteiger charge is 2.16. The Bertz CT molecular complexity index is 881. The van der Waals surface area contributed by atoms with Gasteiger partial charge in [0.25, 0.3) is 0 Å². The molecule has 1 aromatic carbocycles. The highest BCUT2D eigenvalue weighted by molar-refractivity contribution is 7.99. The van der Waals surface area contributed by atoms with Crippen molar-refractivity contribution in [1.82, 2.24) is 25.1 Å². The molecular formula is C16H19N5OS. The number of carbonyl (C=O) groups is 1. The van der Waals surface area contributed by atoms with E-state index in [1.807, 2.05) is 56.7 Å². The van der Waals surface area contributed by atoms with Gasteiger partial charge in [-0.1, -0.05) is 30.0 Å². The molecule has 0 aliphatic heterocycles. The predicted molar refractivity (Wildman–Crippen MR) is 92.4 cm³/mol. The first kappa shape index (κ1) is 15.7. The minimum absolute atomic E-state index is 0.0387. The standard InChI is InChI=1S/C16H19N5OS/c1-16(2,3)18-12(22)9-23-15-17-14-13(19-20-15)10-7-5-6-8-11(10)21(14)4/h5-8H,9H2,1-4H3,(H,18,22). The highest BCUT2D eigenvalue weighted by atomic mass is 32.2. The molecule has 23 heavy (non-hydrogen) atoms. The Labute approximate surface area is 138 Å². The number of nitrogens with one attached hydrogen (secondary N) is 1. The molecule has 0 aliphatic carbocycles. The normalized spacial score (nSPS) is 12.0. The molecule has 0 bridgehead atoms. The van der Waals surface area contributed by atoms with Crippen molar-refractivity contribution >= 4 is 39.7 Å². The van der Waals surface area contributed by atoms with E-state index < -0.39 is 0 Å². The Kier molecular flexibility index (Phi) is 3.97. The van der Waals surface area contributed by atoms with Crippen molar-refractivity contribution in [3.63, 3.8) is 0 Å². The fraction of sp³-hybridized carbons (Fsp3) is 0.375. The van der Waals surface area contributed by atoms with E-state index in [0.29, 0.717) is 5.16 Å². The van der Waals surface area contributed by atoms with Gasteiger partial charge in [-0.3, -0.25) is 4.79 Å². The number of aryl methyl sites for hydroxylation is 1. The van der Waals surface area contributed by atoms with Crippen LogP contribution >= 0.6 is 11.8 Å². The zero-order valence-electron chi connectivity index (χ0n) is 13.6. The molecule has 0 aliphatic rings. The zero-order chi connectivity index (χ0) is 16.6. The van der Waals surface area contributed by atoms with E-state index in [9.17, 15) is 4.79 Å². The number of nitrogens with zero attached hydrogens (tertiary/aromatic N) is 4. The van der Waals surface area contributed by atoms with E-state index in [4.69, 9.17) is 0 Å². The van der Waals surface area contributed by atoms with Crippen molar-refractivity contribution in [3.05, 3.63) is 24.3 Å². The van der Waals surface area contributed by atoms with Crippen LogP contribution in [-0.2, 0) is 11.8 Å². The molecule has 2 heterocycles. The van der Waals surface area contributed by atoms with E-state index in [1.54, 1.807) is 0 Å². The van der Waals surface area contributed by atoms with Crippen molar-refractivity contribution in [2.45, 2.75) is 31.5 Å². The van der Waals surface area contributed by atoms with Crippen molar-refractivity contribution in [2.75, 3.05) is 5.75 Å². The van der Waals surface area contributed by atoms with Crippen molar-refractivity contribution in [1.29, 1.82) is 0 Å². The molecule has 1 N–H and O–H groups in total. The van der Waals surface area contributed by atoms with Gasteiger partial charge in [0.1, 0.15) is 5.52 Å². The first-order valence-corrected chi connectivity index (χ1v) is 8.35. The highest BCUT2D eigenvalue weighted by Crippen LogP contribution is 2.25. The molecule has 0 spiro atoms. The summed E-state index contributed by atoms with van der Waals surface area (Å²) in [6.45, 7) is 5.86. The predicted octanol–water partition coefficient (Wildman–Crippen LogP) is 2.52. The van der Waals surface area contributed by atoms with E-state index in [1.165, 1.54) is 11.8 Å². The molecule has 3 aromatic rings. The van der Waals surface area contributed by atoms with Crippen LogP contribution in [0.25, 0.3) is 22.1 Å². The second-order valence-corrected chi connectivity index (χ2v) is 7.37. The van der Waals surface area contributed by atoms with Gasteiger partial charge in [-0.15, -0.1) is 10.2 Å². The number of carbonyl (C=O) groups excluding carboxylic acids is 1. The number of amides is 1. The number of hydrogen-bond acceptors (Lipinski definition) is 5. The lowest BCUT2D eigenvalue weighted by Gasteiger charge is -2.20. The summed E-state index contributed by atoms with van der Waals surface area (Å²) in [6.07, 6.45) is 0. The number of benzene rings is 1. The van der Waals surface area contributed by atoms with Gasteiger partial charge in [-0.25, -0.2) is 4.98 Å². The summed E-state index contributed by atoms with van der Waals surface area (Å²) in [7, 11) is 1.96. The Balaban J connectivity index is 1.85. The Hall–Kier alpha value is -2.15. The number of thioether (sulfide) groups is 1. The molecule has 3 rings (SSSR count). The van der Waals surface area contributed by atoms with E-state index in [2.05, 4.69) is 20.5 Å². The molecule has 6 nitrogen and oxygen atoms in total. The van der Waals surface area contributed by atoms with Crippen LogP contribution in [0, 0.1) is 0 Å². The van der Waals surface area contributed by atoms with Gasteiger partial charge in [0.15, 0.2) is 5.65 Å². The van der Waals surface area contributed by atoms with E-state index >= 15 is 0 Å². The van der Waals surface area contributed by atoms with Crippen LogP contribution in [0.3, 0.4) is 0 Å². The molecule has 0 atom stereocenters. The quantitative estimate of drug-likeness (QED) is 0.748. The average molecular weight is 329 g/mol. The number of aromatic nitrogens is 4. The maximum atomic E-state index is 11.9. The molecule has 0 saturated carbocycles. The van der Waals surface area contributed by atoms with Gasteiger partial charge in [0.05, 0.1) is 11.3 Å². The van der Waals surface area contributed by atoms with Crippen LogP contribution < -0.4 is 5.32 Å². The maximum Gasteiger partial charge on any atom is 0.230 e. The number of para-hydroxylation sites is 1. The minimum Gasteiger partial charge on any atom is -0.351 e. The summed E-state index contributed by atoms with van der Waals surface area (Å²) in [6, 6.07) is 8.00. The molecular weight excluding hydrogens is 310 g/mol. The Morgan fingerprint density at radius 3 is 2.74 bits per heavy atom. The molecule has 1 amide bonds. The van der Waals surface area contributed by atoms with Crippen LogP contribution in [0.2, 0.25) is 0 Å². The van der Waals surface area contributed by atoms with Crippen molar-refractivity contribution in [2.24, 2.45) is 7.05 Å². The van der Waals surface area contributed by atoms with Gasteiger partial charge in [0.2, 0.25) is 11.1 Å². The summed E-state index contributed by atoms with van der Waals surface area (Å²) in [4.78, 5) is 16.4. The zero-order valence-corrected chi connectivity index (χ0v) is 14.4. The van der Waals surface area contributed by atoms with Crippen molar-refractivity contribution < 1.29 is 4.79 Å². The van der Waals surface area contributed by atoms with Gasteiger partial charge in [-0.05, 0) is 26.8 Å². The van der Waals surface area contributed by atoms with Crippen LogP contribution in [-0.4, -0.2) is 36.9 Å². The third kappa shape index (κ3) is 3.29. The largest absolute Gasteiger partial charge is 0.351 e. The van der Waals surface area contributed by atoms with E-state index in [-0.39, 0.29) is 17.2 Å². The molecule has 120 valence electrons. The number of fused-ring (bicyclic) bond motifs is 3. The van der Waals surface area contributed by atoms with Crippen LogP contribution in [0.1, 0.15) is 20.8 Å². The maximum absolute atomic E-state index is 11.9. The fourth-order valence-electron chi connectivity index (χ4n) is 2.44. The van der Waals surface area contributed by atoms with Gasteiger partial charge < -0.3 is 9.88 Å². The number of rotatable bonds is 3. The second kappa shape index (κ2) is 5.81. The lowest BCUT2D eigenvalue weighted by atomic mass is 10.1. The first-order valence-electron chi connectivity index (χ1n) is 7.37. The Morgan fingerprint density at radius 1 is 1.26 bits per heavy atom. The summed E-state index contributed by atoms with van der Waals surface area (Å²) in [5.74, 6) is 0.234. The molecule has 0 radical (unpaired) electrons. The SMILES string of the molecule is Cn1c2ccccc2c2nnc(SCC(=O)NC(C)(C)C)nc21. The molecule has 0 saturated heterocycles. The third-order valence-corrected chi connectivity index (χ3v) is 4.17. The van der Waals surface area contributed by atoms with Gasteiger partial charge in [-0.2, -0.15) is 0 Å². The molecule has 0 unspecified atom stereocenters. The lowest BCUT2D eigenvalue weighted by Crippen LogP contribution is -2.41. The number of hydrogen-bond donors (Lipinski definition) is 1. The molecule has 2 aromatic heterocycles. The monoisotopic (exact) mass is 329 g/mol. The molecule has 7 heteroatoms. The third-order valence-electron chi connectivity index (χ3n) is 3.33. The Morgan fingerprint density at radius 2 is 2.00 bits per heavy atom. The van der Waals surface area contributed by atoms with Crippen LogP contribution in [0.4, 0.5) is 0 Å². The topological polar surface area (TPSA) is 72.7 Å². The van der Waals surface area contributed by atoms with E-state index in [0.717, 1.165) is 22.1 Å². The minimum atomic E-state index is -0.240. The summed E-state index contributed by atoms with van der Waals surface area (Å²) in [5.41, 5.74) is 2.39. The average Bonchev–Trinajstić information content (AvgIpc) is 2.77. The smallest absolute Gasteiger partial charge is 0.230 e.